The summed E-state index contributed by atoms with van der Waals surface area (Å²) in [6, 6.07) is 9.95. The molecule has 0 bridgehead atoms. The van der Waals surface area contributed by atoms with Crippen molar-refractivity contribution in [3.63, 3.8) is 0 Å². The Kier molecular flexibility index (Phi) is 4.74. The average molecular weight is 411 g/mol. The Hall–Kier alpha value is -3.00. The van der Waals surface area contributed by atoms with Crippen LogP contribution in [0.1, 0.15) is 31.0 Å². The Morgan fingerprint density at radius 3 is 2.69 bits per heavy atom. The maximum absolute atomic E-state index is 13.1. The van der Waals surface area contributed by atoms with Crippen molar-refractivity contribution in [1.82, 2.24) is 14.7 Å². The predicted molar refractivity (Wildman–Crippen MR) is 108 cm³/mol. The molecule has 1 N–H and O–H groups in total. The molecule has 1 aromatic carbocycles. The number of pyridine rings is 2. The van der Waals surface area contributed by atoms with Crippen molar-refractivity contribution in [2.24, 2.45) is 0 Å². The van der Waals surface area contributed by atoms with E-state index < -0.39 is 21.3 Å². The minimum absolute atomic E-state index is 0.0340. The van der Waals surface area contributed by atoms with E-state index in [1.54, 1.807) is 42.7 Å². The number of nitrogens with zero attached hydrogens (tertiary/aromatic N) is 2. The molecule has 7 nitrogen and oxygen atoms in total. The summed E-state index contributed by atoms with van der Waals surface area (Å²) in [5, 5.41) is 0.470. The summed E-state index contributed by atoms with van der Waals surface area (Å²) in [6.45, 7) is 1.95. The molecular weight excluding hydrogens is 390 g/mol. The van der Waals surface area contributed by atoms with E-state index in [-0.39, 0.29) is 4.90 Å². The van der Waals surface area contributed by atoms with Crippen LogP contribution < -0.4 is 9.46 Å². The van der Waals surface area contributed by atoms with Crippen LogP contribution in [0.3, 0.4) is 0 Å². The normalized spacial score (nSPS) is 15.1. The number of carbonyl (C=O) groups excluding carboxylic acids is 1. The smallest absolute Gasteiger partial charge is 0.264 e. The maximum Gasteiger partial charge on any atom is 0.264 e. The molecule has 1 aliphatic carbocycles. The first kappa shape index (κ1) is 19.3. The molecule has 2 heterocycles. The highest BCUT2D eigenvalue weighted by Gasteiger charge is 2.53. The van der Waals surface area contributed by atoms with Gasteiger partial charge in [-0.1, -0.05) is 13.0 Å². The zero-order valence-corrected chi connectivity index (χ0v) is 17.0. The molecule has 1 fully saturated rings. The number of fused-ring (bicyclic) bond motifs is 1. The molecular formula is C21H21N3O4S. The molecule has 4 rings (SSSR count). The number of carbonyl (C=O) groups is 1. The zero-order chi connectivity index (χ0) is 20.6. The second-order valence-corrected chi connectivity index (χ2v) is 8.72. The van der Waals surface area contributed by atoms with Gasteiger partial charge in [-0.3, -0.25) is 14.8 Å². The number of rotatable bonds is 6. The van der Waals surface area contributed by atoms with Crippen LogP contribution >= 0.6 is 0 Å². The van der Waals surface area contributed by atoms with Gasteiger partial charge in [0.15, 0.2) is 0 Å². The van der Waals surface area contributed by atoms with Crippen LogP contribution in [0.25, 0.3) is 10.9 Å². The molecule has 150 valence electrons. The summed E-state index contributed by atoms with van der Waals surface area (Å²) in [7, 11) is -2.53. The van der Waals surface area contributed by atoms with Crippen molar-refractivity contribution in [2.45, 2.75) is 36.5 Å². The number of sulfonamides is 1. The van der Waals surface area contributed by atoms with Gasteiger partial charge in [0.25, 0.3) is 10.0 Å². The molecule has 3 aromatic rings. The number of amides is 1. The molecule has 1 amide bonds. The first-order chi connectivity index (χ1) is 13.9. The number of methoxy groups -OCH3 is 1. The lowest BCUT2D eigenvalue weighted by atomic mass is 9.92. The Balaban J connectivity index is 1.71. The van der Waals surface area contributed by atoms with E-state index >= 15 is 0 Å². The van der Waals surface area contributed by atoms with Gasteiger partial charge in [0.1, 0.15) is 5.75 Å². The number of hydrogen-bond acceptors (Lipinski definition) is 6. The minimum Gasteiger partial charge on any atom is -0.495 e. The van der Waals surface area contributed by atoms with Gasteiger partial charge in [0, 0.05) is 17.3 Å². The molecule has 8 heteroatoms. The zero-order valence-electron chi connectivity index (χ0n) is 16.2. The summed E-state index contributed by atoms with van der Waals surface area (Å²) < 4.78 is 33.6. The highest BCUT2D eigenvalue weighted by atomic mass is 32.2. The van der Waals surface area contributed by atoms with Crippen LogP contribution in [0, 0.1) is 0 Å². The van der Waals surface area contributed by atoms with E-state index in [0.717, 1.165) is 11.3 Å². The highest BCUT2D eigenvalue weighted by molar-refractivity contribution is 7.90. The Bertz CT molecular complexity index is 1200. The molecule has 0 unspecified atom stereocenters. The third kappa shape index (κ3) is 3.33. The van der Waals surface area contributed by atoms with Crippen LogP contribution in [0.2, 0.25) is 0 Å². The minimum atomic E-state index is -4.06. The summed E-state index contributed by atoms with van der Waals surface area (Å²) in [5.41, 5.74) is 1.15. The highest BCUT2D eigenvalue weighted by Crippen LogP contribution is 2.50. The molecule has 0 saturated heterocycles. The van der Waals surface area contributed by atoms with E-state index in [9.17, 15) is 13.2 Å². The van der Waals surface area contributed by atoms with Gasteiger partial charge >= 0.3 is 0 Å². The predicted octanol–water partition coefficient (Wildman–Crippen LogP) is 2.74. The summed E-state index contributed by atoms with van der Waals surface area (Å²) >= 11 is 0. The van der Waals surface area contributed by atoms with E-state index in [1.165, 1.54) is 13.2 Å². The number of ether oxygens (including phenoxy) is 1. The summed E-state index contributed by atoms with van der Waals surface area (Å²) in [6.07, 6.45) is 4.96. The second kappa shape index (κ2) is 7.11. The van der Waals surface area contributed by atoms with Gasteiger partial charge in [-0.15, -0.1) is 0 Å². The number of nitrogens with one attached hydrogen (secondary N) is 1. The lowest BCUT2D eigenvalue weighted by Gasteiger charge is -2.19. The van der Waals surface area contributed by atoms with Crippen molar-refractivity contribution in [3.8, 4) is 5.75 Å². The number of aryl methyl sites for hydroxylation is 1. The third-order valence-corrected chi connectivity index (χ3v) is 6.73. The van der Waals surface area contributed by atoms with Gasteiger partial charge in [-0.25, -0.2) is 13.1 Å². The first-order valence-corrected chi connectivity index (χ1v) is 10.8. The van der Waals surface area contributed by atoms with Gasteiger partial charge in [-0.05, 0) is 55.2 Å². The lowest BCUT2D eigenvalue weighted by Crippen LogP contribution is -2.39. The van der Waals surface area contributed by atoms with Gasteiger partial charge in [0.05, 0.1) is 29.1 Å². The monoisotopic (exact) mass is 411 g/mol. The van der Waals surface area contributed by atoms with Gasteiger partial charge in [-0.2, -0.15) is 0 Å². The standard InChI is InChI=1S/C21H21N3O4S/c1-3-17-16(12-14(28-2)13-23-17)21(9-10-21)20(25)24-29(26,27)19-8-4-7-18-15(19)6-5-11-22-18/h4-8,11-13H,3,9-10H2,1-2H3,(H,24,25). The van der Waals surface area contributed by atoms with Crippen LogP contribution in [-0.4, -0.2) is 31.4 Å². The van der Waals surface area contributed by atoms with Crippen molar-refractivity contribution < 1.29 is 17.9 Å². The number of aromatic nitrogens is 2. The first-order valence-electron chi connectivity index (χ1n) is 9.35. The second-order valence-electron chi connectivity index (χ2n) is 7.07. The maximum atomic E-state index is 13.1. The third-order valence-electron chi connectivity index (χ3n) is 5.34. The fourth-order valence-corrected chi connectivity index (χ4v) is 4.88. The summed E-state index contributed by atoms with van der Waals surface area (Å²) in [4.78, 5) is 21.8. The van der Waals surface area contributed by atoms with Crippen LogP contribution in [0.15, 0.2) is 53.7 Å². The SMILES string of the molecule is CCc1ncc(OC)cc1C1(C(=O)NS(=O)(=O)c2cccc3ncccc23)CC1. The molecule has 0 atom stereocenters. The molecule has 0 aliphatic heterocycles. The van der Waals surface area contributed by atoms with Crippen molar-refractivity contribution in [2.75, 3.05) is 7.11 Å². The average Bonchev–Trinajstić information content (AvgIpc) is 3.54. The molecule has 1 aliphatic rings. The topological polar surface area (TPSA) is 98.2 Å². The lowest BCUT2D eigenvalue weighted by molar-refractivity contribution is -0.121. The Morgan fingerprint density at radius 2 is 2.00 bits per heavy atom. The Labute approximate surface area is 169 Å². The van der Waals surface area contributed by atoms with Crippen molar-refractivity contribution in [3.05, 3.63) is 60.0 Å². The molecule has 1 saturated carbocycles. The molecule has 2 aromatic heterocycles. The number of benzene rings is 1. The molecule has 0 radical (unpaired) electrons. The van der Waals surface area contributed by atoms with Crippen LogP contribution in [-0.2, 0) is 26.7 Å². The van der Waals surface area contributed by atoms with E-state index in [4.69, 9.17) is 4.74 Å². The van der Waals surface area contributed by atoms with E-state index in [2.05, 4.69) is 14.7 Å². The molecule has 29 heavy (non-hydrogen) atoms. The van der Waals surface area contributed by atoms with Crippen molar-refractivity contribution >= 4 is 26.8 Å². The quantitative estimate of drug-likeness (QED) is 0.670. The number of hydrogen-bond donors (Lipinski definition) is 1. The fraction of sp³-hybridized carbons (Fsp3) is 0.286. The van der Waals surface area contributed by atoms with Crippen molar-refractivity contribution in [1.29, 1.82) is 0 Å². The fourth-order valence-electron chi connectivity index (χ4n) is 3.61. The largest absolute Gasteiger partial charge is 0.495 e. The summed E-state index contributed by atoms with van der Waals surface area (Å²) in [5.74, 6) is 0.00223. The van der Waals surface area contributed by atoms with Gasteiger partial charge < -0.3 is 4.74 Å². The van der Waals surface area contributed by atoms with E-state index in [1.807, 2.05) is 6.92 Å². The van der Waals surface area contributed by atoms with Gasteiger partial charge in [0.2, 0.25) is 5.91 Å². The molecule has 0 spiro atoms. The Morgan fingerprint density at radius 1 is 1.21 bits per heavy atom. The van der Waals surface area contributed by atoms with Crippen LogP contribution in [0.4, 0.5) is 0 Å². The van der Waals surface area contributed by atoms with Crippen LogP contribution in [0.5, 0.6) is 5.75 Å². The van der Waals surface area contributed by atoms with E-state index in [0.29, 0.717) is 35.9 Å².